The molecule has 2 nitrogen and oxygen atoms in total. The summed E-state index contributed by atoms with van der Waals surface area (Å²) in [5, 5.41) is 2.14. The van der Waals surface area contributed by atoms with Gasteiger partial charge in [0.15, 0.2) is 0 Å². The van der Waals surface area contributed by atoms with E-state index in [4.69, 9.17) is 5.73 Å². The molecule has 2 N–H and O–H groups in total. The second-order valence-electron chi connectivity index (χ2n) is 3.70. The smallest absolute Gasteiger partial charge is 0.0328 e. The van der Waals surface area contributed by atoms with Crippen LogP contribution in [0, 0.1) is 5.92 Å². The van der Waals surface area contributed by atoms with E-state index in [1.165, 1.54) is 24.4 Å². The Kier molecular flexibility index (Phi) is 2.98. The lowest BCUT2D eigenvalue weighted by atomic mass is 10.1. The summed E-state index contributed by atoms with van der Waals surface area (Å²) in [4.78, 5) is 3.97. The highest BCUT2D eigenvalue weighted by Gasteiger charge is 2.20. The quantitative estimate of drug-likeness (QED) is 0.794. The highest BCUT2D eigenvalue weighted by molar-refractivity contribution is 7.09. The Morgan fingerprint density at radius 3 is 3.15 bits per heavy atom. The molecule has 3 heteroatoms. The normalized spacial score (nSPS) is 23.9. The van der Waals surface area contributed by atoms with Gasteiger partial charge in [-0.1, -0.05) is 6.07 Å². The van der Waals surface area contributed by atoms with Crippen molar-refractivity contribution in [3.8, 4) is 0 Å². The van der Waals surface area contributed by atoms with Gasteiger partial charge in [0.2, 0.25) is 0 Å². The van der Waals surface area contributed by atoms with Gasteiger partial charge >= 0.3 is 0 Å². The van der Waals surface area contributed by atoms with E-state index in [2.05, 4.69) is 22.4 Å². The van der Waals surface area contributed by atoms with Crippen LogP contribution in [0.2, 0.25) is 0 Å². The first-order valence-corrected chi connectivity index (χ1v) is 5.71. The zero-order valence-electron chi connectivity index (χ0n) is 7.78. The van der Waals surface area contributed by atoms with Gasteiger partial charge in [-0.05, 0) is 36.9 Å². The molecule has 1 atom stereocenters. The van der Waals surface area contributed by atoms with Gasteiger partial charge in [0, 0.05) is 18.0 Å². The van der Waals surface area contributed by atoms with Crippen LogP contribution in [0.5, 0.6) is 0 Å². The first-order valence-electron chi connectivity index (χ1n) is 4.83. The molecule has 1 fully saturated rings. The van der Waals surface area contributed by atoms with Crippen molar-refractivity contribution in [2.45, 2.75) is 13.0 Å². The van der Waals surface area contributed by atoms with Crippen LogP contribution >= 0.6 is 11.3 Å². The molecule has 2 heterocycles. The van der Waals surface area contributed by atoms with E-state index in [0.717, 1.165) is 19.0 Å². The summed E-state index contributed by atoms with van der Waals surface area (Å²) in [5.41, 5.74) is 5.65. The number of nitrogens with two attached hydrogens (primary N) is 1. The summed E-state index contributed by atoms with van der Waals surface area (Å²) in [6.45, 7) is 4.38. The van der Waals surface area contributed by atoms with E-state index in [9.17, 15) is 0 Å². The fraction of sp³-hybridized carbons (Fsp3) is 0.600. The lowest BCUT2D eigenvalue weighted by Crippen LogP contribution is -2.22. The molecule has 0 saturated carbocycles. The molecule has 0 aromatic carbocycles. The van der Waals surface area contributed by atoms with E-state index in [1.807, 2.05) is 11.3 Å². The van der Waals surface area contributed by atoms with Crippen LogP contribution in [-0.4, -0.2) is 24.5 Å². The number of rotatable bonds is 3. The average Bonchev–Trinajstić information content (AvgIpc) is 2.76. The summed E-state index contributed by atoms with van der Waals surface area (Å²) in [7, 11) is 0. The molecular formula is C10H16N2S. The van der Waals surface area contributed by atoms with E-state index >= 15 is 0 Å². The molecule has 2 rings (SSSR count). The molecule has 72 valence electrons. The lowest BCUT2D eigenvalue weighted by molar-refractivity contribution is 0.320. The van der Waals surface area contributed by atoms with E-state index in [0.29, 0.717) is 0 Å². The minimum Gasteiger partial charge on any atom is -0.330 e. The second-order valence-corrected chi connectivity index (χ2v) is 4.74. The fourth-order valence-electron chi connectivity index (χ4n) is 1.87. The highest BCUT2D eigenvalue weighted by Crippen LogP contribution is 2.19. The van der Waals surface area contributed by atoms with E-state index < -0.39 is 0 Å². The first kappa shape index (κ1) is 9.19. The molecular weight excluding hydrogens is 180 g/mol. The Morgan fingerprint density at radius 1 is 1.62 bits per heavy atom. The Balaban J connectivity index is 1.84. The Labute approximate surface area is 83.4 Å². The topological polar surface area (TPSA) is 29.3 Å². The molecule has 1 aliphatic heterocycles. The number of hydrogen-bond acceptors (Lipinski definition) is 3. The van der Waals surface area contributed by atoms with Gasteiger partial charge in [-0.2, -0.15) is 0 Å². The molecule has 1 unspecified atom stereocenters. The minimum atomic E-state index is 0.736. The van der Waals surface area contributed by atoms with Crippen molar-refractivity contribution in [1.29, 1.82) is 0 Å². The fourth-order valence-corrected chi connectivity index (χ4v) is 2.62. The Bertz CT molecular complexity index is 245. The lowest BCUT2D eigenvalue weighted by Gasteiger charge is -2.13. The third-order valence-corrected chi connectivity index (χ3v) is 3.52. The van der Waals surface area contributed by atoms with Crippen LogP contribution < -0.4 is 5.73 Å². The van der Waals surface area contributed by atoms with Gasteiger partial charge in [-0.3, -0.25) is 4.90 Å². The van der Waals surface area contributed by atoms with Crippen LogP contribution in [0.1, 0.15) is 11.3 Å². The van der Waals surface area contributed by atoms with Gasteiger partial charge in [0.05, 0.1) is 0 Å². The van der Waals surface area contributed by atoms with E-state index in [1.54, 1.807) is 0 Å². The SMILES string of the molecule is NCC1CCN(Cc2cccs2)C1. The molecule has 0 amide bonds. The largest absolute Gasteiger partial charge is 0.330 e. The maximum absolute atomic E-state index is 5.65. The highest BCUT2D eigenvalue weighted by atomic mass is 32.1. The summed E-state index contributed by atoms with van der Waals surface area (Å²) in [6, 6.07) is 4.33. The van der Waals surface area contributed by atoms with Gasteiger partial charge in [-0.15, -0.1) is 11.3 Å². The molecule has 0 radical (unpaired) electrons. The van der Waals surface area contributed by atoms with Gasteiger partial charge < -0.3 is 5.73 Å². The summed E-state index contributed by atoms with van der Waals surface area (Å²) < 4.78 is 0. The molecule has 0 aliphatic carbocycles. The molecule has 0 spiro atoms. The molecule has 1 aliphatic rings. The van der Waals surface area contributed by atoms with Crippen LogP contribution in [0.15, 0.2) is 17.5 Å². The Morgan fingerprint density at radius 2 is 2.54 bits per heavy atom. The zero-order valence-corrected chi connectivity index (χ0v) is 8.59. The number of thiophene rings is 1. The third-order valence-electron chi connectivity index (χ3n) is 2.66. The van der Waals surface area contributed by atoms with Crippen molar-refractivity contribution < 1.29 is 0 Å². The van der Waals surface area contributed by atoms with Crippen LogP contribution in [-0.2, 0) is 6.54 Å². The predicted octanol–water partition coefficient (Wildman–Crippen LogP) is 1.53. The number of hydrogen-bond donors (Lipinski definition) is 1. The first-order chi connectivity index (χ1) is 6.38. The molecule has 0 bridgehead atoms. The van der Waals surface area contributed by atoms with Crippen molar-refractivity contribution in [2.24, 2.45) is 11.7 Å². The zero-order chi connectivity index (χ0) is 9.10. The van der Waals surface area contributed by atoms with Gasteiger partial charge in [0.25, 0.3) is 0 Å². The molecule has 1 aromatic rings. The minimum absolute atomic E-state index is 0.736. The van der Waals surface area contributed by atoms with Crippen LogP contribution in [0.25, 0.3) is 0 Å². The molecule has 1 aromatic heterocycles. The number of nitrogens with zero attached hydrogens (tertiary/aromatic N) is 1. The monoisotopic (exact) mass is 196 g/mol. The van der Waals surface area contributed by atoms with Crippen molar-refractivity contribution in [3.05, 3.63) is 22.4 Å². The second kappa shape index (κ2) is 4.22. The van der Waals surface area contributed by atoms with Crippen molar-refractivity contribution in [2.75, 3.05) is 19.6 Å². The maximum Gasteiger partial charge on any atom is 0.0328 e. The van der Waals surface area contributed by atoms with Crippen molar-refractivity contribution in [3.63, 3.8) is 0 Å². The summed E-state index contributed by atoms with van der Waals surface area (Å²) in [5.74, 6) is 0.736. The summed E-state index contributed by atoms with van der Waals surface area (Å²) in [6.07, 6.45) is 1.28. The van der Waals surface area contributed by atoms with Gasteiger partial charge in [-0.25, -0.2) is 0 Å². The third kappa shape index (κ3) is 2.30. The predicted molar refractivity (Wildman–Crippen MR) is 56.8 cm³/mol. The van der Waals surface area contributed by atoms with Crippen LogP contribution in [0.3, 0.4) is 0 Å². The van der Waals surface area contributed by atoms with E-state index in [-0.39, 0.29) is 0 Å². The molecule has 13 heavy (non-hydrogen) atoms. The number of likely N-dealkylation sites (tertiary alicyclic amines) is 1. The van der Waals surface area contributed by atoms with Gasteiger partial charge in [0.1, 0.15) is 0 Å². The van der Waals surface area contributed by atoms with Crippen molar-refractivity contribution >= 4 is 11.3 Å². The summed E-state index contributed by atoms with van der Waals surface area (Å²) >= 11 is 1.85. The Hall–Kier alpha value is -0.380. The van der Waals surface area contributed by atoms with Crippen LogP contribution in [0.4, 0.5) is 0 Å². The average molecular weight is 196 g/mol. The molecule has 1 saturated heterocycles. The standard InChI is InChI=1S/C10H16N2S/c11-6-9-3-4-12(7-9)8-10-2-1-5-13-10/h1-2,5,9H,3-4,6-8,11H2. The van der Waals surface area contributed by atoms with Crippen molar-refractivity contribution in [1.82, 2.24) is 4.90 Å². The maximum atomic E-state index is 5.65.